The Bertz CT molecular complexity index is 394. The molecule has 5 heteroatoms. The van der Waals surface area contributed by atoms with Crippen molar-refractivity contribution in [1.82, 2.24) is 4.90 Å². The molecule has 0 saturated carbocycles. The van der Waals surface area contributed by atoms with E-state index in [1.54, 1.807) is 19.1 Å². The number of para-hydroxylation sites is 2. The predicted molar refractivity (Wildman–Crippen MR) is 73.3 cm³/mol. The second-order valence-corrected chi connectivity index (χ2v) is 4.50. The molecule has 100 valence electrons. The average molecular weight is 251 g/mol. The van der Waals surface area contributed by atoms with E-state index in [-0.39, 0.29) is 12.0 Å². The zero-order valence-electron chi connectivity index (χ0n) is 10.9. The molecule has 0 aromatic heterocycles. The first kappa shape index (κ1) is 14.5. The van der Waals surface area contributed by atoms with Gasteiger partial charge in [0.1, 0.15) is 0 Å². The van der Waals surface area contributed by atoms with Gasteiger partial charge < -0.3 is 21.1 Å². The Morgan fingerprint density at radius 1 is 1.50 bits per heavy atom. The molecule has 0 aliphatic rings. The normalized spacial score (nSPS) is 12.4. The van der Waals surface area contributed by atoms with Crippen LogP contribution in [0.5, 0.6) is 0 Å². The quantitative estimate of drug-likeness (QED) is 0.657. The number of hydrogen-bond acceptors (Lipinski definition) is 4. The van der Waals surface area contributed by atoms with Crippen LogP contribution in [-0.2, 0) is 4.79 Å². The molecule has 0 spiro atoms. The van der Waals surface area contributed by atoms with Crippen molar-refractivity contribution in [3.63, 3.8) is 0 Å². The standard InChI is InChI=1S/C13H21N3O2/c1-10(17)9-16(2)8-7-13(18)15-12-6-4-3-5-11(12)14/h3-6,10,17H,7-9,14H2,1-2H3,(H,15,18). The highest BCUT2D eigenvalue weighted by Crippen LogP contribution is 2.16. The number of nitrogens with zero attached hydrogens (tertiary/aromatic N) is 1. The maximum atomic E-state index is 11.7. The van der Waals surface area contributed by atoms with E-state index in [2.05, 4.69) is 5.32 Å². The van der Waals surface area contributed by atoms with Gasteiger partial charge in [0.2, 0.25) is 5.91 Å². The van der Waals surface area contributed by atoms with Crippen LogP contribution in [0.2, 0.25) is 0 Å². The van der Waals surface area contributed by atoms with E-state index in [9.17, 15) is 9.90 Å². The summed E-state index contributed by atoms with van der Waals surface area (Å²) in [7, 11) is 1.87. The van der Waals surface area contributed by atoms with Crippen molar-refractivity contribution in [2.45, 2.75) is 19.4 Å². The average Bonchev–Trinajstić information content (AvgIpc) is 2.29. The van der Waals surface area contributed by atoms with E-state index in [1.807, 2.05) is 24.1 Å². The van der Waals surface area contributed by atoms with Gasteiger partial charge in [-0.3, -0.25) is 4.79 Å². The first-order valence-corrected chi connectivity index (χ1v) is 6.00. The van der Waals surface area contributed by atoms with Gasteiger partial charge in [0.15, 0.2) is 0 Å². The Labute approximate surface area is 108 Å². The van der Waals surface area contributed by atoms with Gasteiger partial charge in [-0.25, -0.2) is 0 Å². The molecular formula is C13H21N3O2. The van der Waals surface area contributed by atoms with Gasteiger partial charge in [0, 0.05) is 19.5 Å². The number of nitrogens with two attached hydrogens (primary N) is 1. The van der Waals surface area contributed by atoms with Gasteiger partial charge in [-0.05, 0) is 26.1 Å². The lowest BCUT2D eigenvalue weighted by Crippen LogP contribution is -2.30. The number of hydrogen-bond donors (Lipinski definition) is 3. The van der Waals surface area contributed by atoms with E-state index in [4.69, 9.17) is 5.73 Å². The third-order valence-corrected chi connectivity index (χ3v) is 2.53. The largest absolute Gasteiger partial charge is 0.397 e. The fourth-order valence-corrected chi connectivity index (χ4v) is 1.66. The van der Waals surface area contributed by atoms with E-state index >= 15 is 0 Å². The van der Waals surface area contributed by atoms with E-state index in [1.165, 1.54) is 0 Å². The van der Waals surface area contributed by atoms with Crippen LogP contribution in [0.15, 0.2) is 24.3 Å². The molecule has 18 heavy (non-hydrogen) atoms. The molecule has 1 rings (SSSR count). The SMILES string of the molecule is CC(O)CN(C)CCC(=O)Nc1ccccc1N. The van der Waals surface area contributed by atoms with Crippen molar-refractivity contribution >= 4 is 17.3 Å². The van der Waals surface area contributed by atoms with Crippen LogP contribution in [-0.4, -0.2) is 42.2 Å². The second-order valence-electron chi connectivity index (χ2n) is 4.50. The smallest absolute Gasteiger partial charge is 0.225 e. The van der Waals surface area contributed by atoms with Gasteiger partial charge >= 0.3 is 0 Å². The van der Waals surface area contributed by atoms with Gasteiger partial charge in [-0.15, -0.1) is 0 Å². The summed E-state index contributed by atoms with van der Waals surface area (Å²) < 4.78 is 0. The molecule has 1 aromatic rings. The van der Waals surface area contributed by atoms with Crippen LogP contribution < -0.4 is 11.1 Å². The summed E-state index contributed by atoms with van der Waals surface area (Å²) in [4.78, 5) is 13.6. The molecule has 1 unspecified atom stereocenters. The molecule has 5 nitrogen and oxygen atoms in total. The number of carbonyl (C=O) groups excluding carboxylic acids is 1. The van der Waals surface area contributed by atoms with E-state index in [0.717, 1.165) is 0 Å². The summed E-state index contributed by atoms with van der Waals surface area (Å²) in [6.07, 6.45) is -0.0137. The third-order valence-electron chi connectivity index (χ3n) is 2.53. The Morgan fingerprint density at radius 2 is 2.17 bits per heavy atom. The lowest BCUT2D eigenvalue weighted by molar-refractivity contribution is -0.116. The van der Waals surface area contributed by atoms with Crippen molar-refractivity contribution in [3.05, 3.63) is 24.3 Å². The number of benzene rings is 1. The molecule has 1 amide bonds. The monoisotopic (exact) mass is 251 g/mol. The molecular weight excluding hydrogens is 230 g/mol. The van der Waals surface area contributed by atoms with Gasteiger partial charge in [-0.1, -0.05) is 12.1 Å². The molecule has 0 aliphatic carbocycles. The Morgan fingerprint density at radius 3 is 2.78 bits per heavy atom. The number of nitrogen functional groups attached to an aromatic ring is 1. The number of nitrogens with one attached hydrogen (secondary N) is 1. The van der Waals surface area contributed by atoms with Crippen molar-refractivity contribution in [2.24, 2.45) is 0 Å². The Kier molecular flexibility index (Phi) is 5.61. The minimum Gasteiger partial charge on any atom is -0.397 e. The number of likely N-dealkylation sites (N-methyl/N-ethyl adjacent to an activating group) is 1. The zero-order chi connectivity index (χ0) is 13.5. The number of carbonyl (C=O) groups is 1. The summed E-state index contributed by atoms with van der Waals surface area (Å²) in [6.45, 7) is 2.88. The highest BCUT2D eigenvalue weighted by atomic mass is 16.3. The molecule has 0 radical (unpaired) electrons. The topological polar surface area (TPSA) is 78.6 Å². The first-order valence-electron chi connectivity index (χ1n) is 6.00. The van der Waals surface area contributed by atoms with Crippen LogP contribution in [0.4, 0.5) is 11.4 Å². The van der Waals surface area contributed by atoms with Crippen LogP contribution in [0.1, 0.15) is 13.3 Å². The second kappa shape index (κ2) is 6.98. The van der Waals surface area contributed by atoms with Crippen molar-refractivity contribution in [1.29, 1.82) is 0 Å². The number of rotatable bonds is 6. The van der Waals surface area contributed by atoms with Crippen LogP contribution in [0.3, 0.4) is 0 Å². The molecule has 0 fully saturated rings. The van der Waals surface area contributed by atoms with E-state index in [0.29, 0.717) is 30.9 Å². The molecule has 1 aromatic carbocycles. The summed E-state index contributed by atoms with van der Waals surface area (Å²) in [5.74, 6) is -0.0784. The summed E-state index contributed by atoms with van der Waals surface area (Å²) in [5.41, 5.74) is 6.93. The molecule has 0 bridgehead atoms. The fourth-order valence-electron chi connectivity index (χ4n) is 1.66. The van der Waals surface area contributed by atoms with Crippen LogP contribution in [0.25, 0.3) is 0 Å². The van der Waals surface area contributed by atoms with Crippen molar-refractivity contribution in [3.8, 4) is 0 Å². The van der Waals surface area contributed by atoms with E-state index < -0.39 is 0 Å². The Hall–Kier alpha value is -1.59. The zero-order valence-corrected chi connectivity index (χ0v) is 10.9. The number of aliphatic hydroxyl groups excluding tert-OH is 1. The maximum absolute atomic E-state index is 11.7. The molecule has 4 N–H and O–H groups in total. The number of anilines is 2. The highest BCUT2D eigenvalue weighted by Gasteiger charge is 2.08. The summed E-state index contributed by atoms with van der Waals surface area (Å²) in [6, 6.07) is 7.16. The molecule has 0 aliphatic heterocycles. The van der Waals surface area contributed by atoms with Crippen LogP contribution in [0, 0.1) is 0 Å². The molecule has 1 atom stereocenters. The number of aliphatic hydroxyl groups is 1. The minimum absolute atomic E-state index is 0.0784. The molecule has 0 heterocycles. The number of amides is 1. The molecule has 0 saturated heterocycles. The highest BCUT2D eigenvalue weighted by molar-refractivity contribution is 5.93. The predicted octanol–water partition coefficient (Wildman–Crippen LogP) is 0.910. The lowest BCUT2D eigenvalue weighted by atomic mass is 10.2. The minimum atomic E-state index is -0.386. The van der Waals surface area contributed by atoms with Crippen LogP contribution >= 0.6 is 0 Å². The summed E-state index contributed by atoms with van der Waals surface area (Å²) >= 11 is 0. The first-order chi connectivity index (χ1) is 8.49. The Balaban J connectivity index is 2.36. The maximum Gasteiger partial charge on any atom is 0.225 e. The van der Waals surface area contributed by atoms with Gasteiger partial charge in [0.05, 0.1) is 17.5 Å². The fraction of sp³-hybridized carbons (Fsp3) is 0.462. The van der Waals surface area contributed by atoms with Crippen molar-refractivity contribution < 1.29 is 9.90 Å². The van der Waals surface area contributed by atoms with Gasteiger partial charge in [0.25, 0.3) is 0 Å². The third kappa shape index (κ3) is 5.16. The summed E-state index contributed by atoms with van der Waals surface area (Å²) in [5, 5.41) is 12.0. The van der Waals surface area contributed by atoms with Gasteiger partial charge in [-0.2, -0.15) is 0 Å². The lowest BCUT2D eigenvalue weighted by Gasteiger charge is -2.17. The van der Waals surface area contributed by atoms with Crippen molar-refractivity contribution in [2.75, 3.05) is 31.2 Å².